The minimum atomic E-state index is -0.260. The normalized spacial score (nSPS) is 9.47. The van der Waals surface area contributed by atoms with E-state index in [0.717, 1.165) is 17.8 Å². The largest absolute Gasteiger partial charge is 0.330 e. The SMILES string of the molecule is Cl.Cl.NCCc1cn2cc(F)ccc2n1. The van der Waals surface area contributed by atoms with Crippen LogP contribution in [0.1, 0.15) is 5.69 Å². The Kier molecular flexibility index (Phi) is 5.57. The zero-order chi connectivity index (χ0) is 9.26. The summed E-state index contributed by atoms with van der Waals surface area (Å²) in [5.74, 6) is -0.260. The van der Waals surface area contributed by atoms with Gasteiger partial charge in [-0.2, -0.15) is 0 Å². The highest BCUT2D eigenvalue weighted by atomic mass is 35.5. The van der Waals surface area contributed by atoms with Gasteiger partial charge in [0.1, 0.15) is 11.5 Å². The maximum atomic E-state index is 12.8. The van der Waals surface area contributed by atoms with Crippen molar-refractivity contribution >= 4 is 30.5 Å². The Balaban J connectivity index is 0.000000980. The van der Waals surface area contributed by atoms with Crippen LogP contribution in [0.4, 0.5) is 4.39 Å². The van der Waals surface area contributed by atoms with Gasteiger partial charge in [0.15, 0.2) is 0 Å². The number of fused-ring (bicyclic) bond motifs is 1. The summed E-state index contributed by atoms with van der Waals surface area (Å²) in [6.45, 7) is 0.562. The molecule has 0 aliphatic rings. The number of hydrogen-bond donors (Lipinski definition) is 1. The summed E-state index contributed by atoms with van der Waals surface area (Å²) in [5, 5.41) is 0. The van der Waals surface area contributed by atoms with Crippen molar-refractivity contribution in [2.24, 2.45) is 5.73 Å². The predicted octanol–water partition coefficient (Wildman–Crippen LogP) is 1.82. The number of aromatic nitrogens is 2. The molecule has 0 aliphatic carbocycles. The molecule has 2 aromatic rings. The molecule has 2 aromatic heterocycles. The Morgan fingerprint density at radius 2 is 2.00 bits per heavy atom. The highest BCUT2D eigenvalue weighted by Gasteiger charge is 2.00. The topological polar surface area (TPSA) is 43.3 Å². The van der Waals surface area contributed by atoms with E-state index < -0.39 is 0 Å². The van der Waals surface area contributed by atoms with Crippen molar-refractivity contribution in [3.8, 4) is 0 Å². The Morgan fingerprint density at radius 1 is 1.27 bits per heavy atom. The van der Waals surface area contributed by atoms with Gasteiger partial charge in [-0.15, -0.1) is 24.8 Å². The lowest BCUT2D eigenvalue weighted by atomic mass is 10.3. The molecule has 15 heavy (non-hydrogen) atoms. The standard InChI is InChI=1S/C9H10FN3.2ClH/c10-7-1-2-9-12-8(3-4-11)6-13(9)5-7;;/h1-2,5-6H,3-4,11H2;2*1H. The monoisotopic (exact) mass is 251 g/mol. The molecule has 0 saturated heterocycles. The average Bonchev–Trinajstić information content (AvgIpc) is 2.46. The van der Waals surface area contributed by atoms with Gasteiger partial charge in [-0.05, 0) is 18.7 Å². The van der Waals surface area contributed by atoms with Crippen LogP contribution in [0.5, 0.6) is 0 Å². The minimum absolute atomic E-state index is 0. The second kappa shape index (κ2) is 5.90. The lowest BCUT2D eigenvalue weighted by molar-refractivity contribution is 0.619. The molecule has 6 heteroatoms. The third-order valence-electron chi connectivity index (χ3n) is 1.87. The van der Waals surface area contributed by atoms with Crippen LogP contribution in [0, 0.1) is 5.82 Å². The lowest BCUT2D eigenvalue weighted by Gasteiger charge is -1.90. The van der Waals surface area contributed by atoms with Crippen LogP contribution in [-0.4, -0.2) is 15.9 Å². The number of rotatable bonds is 2. The van der Waals surface area contributed by atoms with Crippen LogP contribution in [0.3, 0.4) is 0 Å². The van der Waals surface area contributed by atoms with Crippen molar-refractivity contribution in [3.05, 3.63) is 36.0 Å². The van der Waals surface area contributed by atoms with E-state index >= 15 is 0 Å². The summed E-state index contributed by atoms with van der Waals surface area (Å²) in [7, 11) is 0. The van der Waals surface area contributed by atoms with Crippen LogP contribution in [-0.2, 0) is 6.42 Å². The van der Waals surface area contributed by atoms with Crippen LogP contribution >= 0.6 is 24.8 Å². The van der Waals surface area contributed by atoms with Crippen molar-refractivity contribution in [1.29, 1.82) is 0 Å². The van der Waals surface area contributed by atoms with Crippen LogP contribution < -0.4 is 5.73 Å². The van der Waals surface area contributed by atoms with Gasteiger partial charge >= 0.3 is 0 Å². The molecule has 0 atom stereocenters. The van der Waals surface area contributed by atoms with E-state index in [0.29, 0.717) is 6.54 Å². The molecule has 0 amide bonds. The molecule has 84 valence electrons. The zero-order valence-corrected chi connectivity index (χ0v) is 9.52. The summed E-state index contributed by atoms with van der Waals surface area (Å²) >= 11 is 0. The van der Waals surface area contributed by atoms with E-state index in [-0.39, 0.29) is 30.6 Å². The van der Waals surface area contributed by atoms with Crippen molar-refractivity contribution in [1.82, 2.24) is 9.38 Å². The molecule has 0 spiro atoms. The quantitative estimate of drug-likeness (QED) is 0.885. The Morgan fingerprint density at radius 3 is 2.67 bits per heavy atom. The fraction of sp³-hybridized carbons (Fsp3) is 0.222. The van der Waals surface area contributed by atoms with Gasteiger partial charge in [0.2, 0.25) is 0 Å². The summed E-state index contributed by atoms with van der Waals surface area (Å²) in [6.07, 6.45) is 3.93. The second-order valence-electron chi connectivity index (χ2n) is 2.88. The predicted molar refractivity (Wildman–Crippen MR) is 62.4 cm³/mol. The second-order valence-corrected chi connectivity index (χ2v) is 2.88. The molecule has 2 rings (SSSR count). The van der Waals surface area contributed by atoms with E-state index in [1.54, 1.807) is 16.7 Å². The minimum Gasteiger partial charge on any atom is -0.330 e. The lowest BCUT2D eigenvalue weighted by Crippen LogP contribution is -2.02. The third-order valence-corrected chi connectivity index (χ3v) is 1.87. The first-order valence-corrected chi connectivity index (χ1v) is 4.13. The average molecular weight is 252 g/mol. The number of nitrogens with zero attached hydrogens (tertiary/aromatic N) is 2. The molecule has 0 aliphatic heterocycles. The summed E-state index contributed by atoms with van der Waals surface area (Å²) in [5.41, 5.74) is 7.04. The molecule has 0 bridgehead atoms. The molecule has 0 saturated carbocycles. The fourth-order valence-corrected chi connectivity index (χ4v) is 1.29. The molecular formula is C9H12Cl2FN3. The van der Waals surface area contributed by atoms with E-state index in [4.69, 9.17) is 5.73 Å². The fourth-order valence-electron chi connectivity index (χ4n) is 1.29. The van der Waals surface area contributed by atoms with Crippen molar-refractivity contribution < 1.29 is 4.39 Å². The van der Waals surface area contributed by atoms with E-state index in [2.05, 4.69) is 4.98 Å². The highest BCUT2D eigenvalue weighted by molar-refractivity contribution is 5.85. The zero-order valence-electron chi connectivity index (χ0n) is 7.89. The molecule has 2 heterocycles. The highest BCUT2D eigenvalue weighted by Crippen LogP contribution is 2.06. The number of imidazole rings is 1. The van der Waals surface area contributed by atoms with E-state index in [1.807, 2.05) is 0 Å². The Hall–Kier alpha value is -0.840. The molecule has 0 fully saturated rings. The van der Waals surface area contributed by atoms with Gasteiger partial charge in [0.05, 0.1) is 5.69 Å². The first-order valence-electron chi connectivity index (χ1n) is 4.13. The number of halogens is 3. The van der Waals surface area contributed by atoms with E-state index in [1.165, 1.54) is 12.3 Å². The number of pyridine rings is 1. The molecule has 0 unspecified atom stereocenters. The van der Waals surface area contributed by atoms with Crippen molar-refractivity contribution in [2.45, 2.75) is 6.42 Å². The van der Waals surface area contributed by atoms with Crippen LogP contribution in [0.25, 0.3) is 5.65 Å². The van der Waals surface area contributed by atoms with Gasteiger partial charge in [0.25, 0.3) is 0 Å². The number of nitrogens with two attached hydrogens (primary N) is 1. The molecule has 0 aromatic carbocycles. The molecule has 3 nitrogen and oxygen atoms in total. The molecule has 0 radical (unpaired) electrons. The smallest absolute Gasteiger partial charge is 0.139 e. The maximum absolute atomic E-state index is 12.8. The van der Waals surface area contributed by atoms with Gasteiger partial charge in [-0.1, -0.05) is 0 Å². The molecule has 2 N–H and O–H groups in total. The summed E-state index contributed by atoms with van der Waals surface area (Å²) in [6, 6.07) is 3.05. The van der Waals surface area contributed by atoms with Gasteiger partial charge in [-0.3, -0.25) is 0 Å². The van der Waals surface area contributed by atoms with E-state index in [9.17, 15) is 4.39 Å². The van der Waals surface area contributed by atoms with Gasteiger partial charge < -0.3 is 10.1 Å². The van der Waals surface area contributed by atoms with Gasteiger partial charge in [-0.25, -0.2) is 9.37 Å². The Bertz CT molecular complexity index is 430. The van der Waals surface area contributed by atoms with Crippen molar-refractivity contribution in [2.75, 3.05) is 6.54 Å². The molecular weight excluding hydrogens is 240 g/mol. The third kappa shape index (κ3) is 3.06. The van der Waals surface area contributed by atoms with Crippen LogP contribution in [0.15, 0.2) is 24.5 Å². The van der Waals surface area contributed by atoms with Gasteiger partial charge in [0, 0.05) is 18.8 Å². The first-order chi connectivity index (χ1) is 6.29. The summed E-state index contributed by atoms with van der Waals surface area (Å²) in [4.78, 5) is 4.26. The Labute approximate surface area is 99.3 Å². The first kappa shape index (κ1) is 14.2. The van der Waals surface area contributed by atoms with Crippen molar-refractivity contribution in [3.63, 3.8) is 0 Å². The summed E-state index contributed by atoms with van der Waals surface area (Å²) < 4.78 is 14.4. The maximum Gasteiger partial charge on any atom is 0.139 e. The van der Waals surface area contributed by atoms with Crippen LogP contribution in [0.2, 0.25) is 0 Å². The number of hydrogen-bond acceptors (Lipinski definition) is 2.